The van der Waals surface area contributed by atoms with Gasteiger partial charge in [-0.25, -0.2) is 9.97 Å². The van der Waals surface area contributed by atoms with E-state index < -0.39 is 5.91 Å². The molecule has 2 heterocycles. The summed E-state index contributed by atoms with van der Waals surface area (Å²) in [6.45, 7) is 1.94. The maximum Gasteiger partial charge on any atom is 0.257 e. The normalized spacial score (nSPS) is 11.4. The second-order valence-corrected chi connectivity index (χ2v) is 5.96. The van der Waals surface area contributed by atoms with E-state index in [1.807, 2.05) is 13.0 Å². The summed E-state index contributed by atoms with van der Waals surface area (Å²) >= 11 is 6.30. The zero-order valence-electron chi connectivity index (χ0n) is 13.8. The molecule has 0 aliphatic rings. The lowest BCUT2D eigenvalue weighted by Gasteiger charge is -2.08. The fourth-order valence-corrected chi connectivity index (χ4v) is 2.61. The van der Waals surface area contributed by atoms with E-state index in [0.29, 0.717) is 27.7 Å². The Kier molecular flexibility index (Phi) is 4.90. The number of nitrogens with zero attached hydrogens (tertiary/aromatic N) is 2. The van der Waals surface area contributed by atoms with Crippen LogP contribution in [0.25, 0.3) is 22.6 Å². The van der Waals surface area contributed by atoms with E-state index in [0.717, 1.165) is 23.5 Å². The fraction of sp³-hybridized carbons (Fsp3) is 0.0556. The highest BCUT2D eigenvalue weighted by molar-refractivity contribution is 6.33. The van der Waals surface area contributed by atoms with E-state index in [-0.39, 0.29) is 5.57 Å². The van der Waals surface area contributed by atoms with Gasteiger partial charge in [0.1, 0.15) is 5.82 Å². The first kappa shape index (κ1) is 17.5. The molecule has 26 heavy (non-hydrogen) atoms. The molecule has 0 saturated carbocycles. The van der Waals surface area contributed by atoms with Crippen molar-refractivity contribution in [2.45, 2.75) is 6.92 Å². The molecule has 3 aromatic rings. The summed E-state index contributed by atoms with van der Waals surface area (Å²) in [5.41, 5.74) is 3.57. The van der Waals surface area contributed by atoms with Gasteiger partial charge in [0.15, 0.2) is 5.65 Å². The molecule has 0 aliphatic carbocycles. The number of hydrogen-bond acceptors (Lipinski definition) is 5. The van der Waals surface area contributed by atoms with Crippen LogP contribution in [0.3, 0.4) is 0 Å². The third-order valence-electron chi connectivity index (χ3n) is 3.63. The number of aromatic amines is 1. The standard InChI is InChI=1S/C18H15ClN6O/c1-10-6-15-17(22-9-10)25-16(24-15)13-7-12(2-3-14(13)19)23-18(26)11(8-21)4-5-20/h2-9,20-21H,1H3,(H,23,26)(H,22,24,25)/b11-4+,20-5?,21-8?. The number of pyridine rings is 1. The number of imidazole rings is 1. The summed E-state index contributed by atoms with van der Waals surface area (Å²) < 4.78 is 0. The van der Waals surface area contributed by atoms with Crippen molar-refractivity contribution >= 4 is 46.8 Å². The van der Waals surface area contributed by atoms with Crippen molar-refractivity contribution in [2.24, 2.45) is 0 Å². The zero-order valence-corrected chi connectivity index (χ0v) is 14.6. The van der Waals surface area contributed by atoms with E-state index in [1.165, 1.54) is 6.08 Å². The monoisotopic (exact) mass is 366 g/mol. The SMILES string of the molecule is Cc1cnc2nc(-c3cc(NC(=O)/C(C=N)=C/C=N)ccc3Cl)[nH]c2c1. The first-order chi connectivity index (χ1) is 12.5. The van der Waals surface area contributed by atoms with E-state index in [9.17, 15) is 4.79 Å². The van der Waals surface area contributed by atoms with Gasteiger partial charge in [0.05, 0.1) is 16.1 Å². The first-order valence-corrected chi connectivity index (χ1v) is 8.04. The van der Waals surface area contributed by atoms with Gasteiger partial charge >= 0.3 is 0 Å². The van der Waals surface area contributed by atoms with Crippen molar-refractivity contribution in [3.8, 4) is 11.4 Å². The number of H-pyrrole nitrogens is 1. The Morgan fingerprint density at radius 2 is 2.12 bits per heavy atom. The molecule has 0 unspecified atom stereocenters. The number of fused-ring (bicyclic) bond motifs is 1. The highest BCUT2D eigenvalue weighted by atomic mass is 35.5. The molecular formula is C18H15ClN6O. The van der Waals surface area contributed by atoms with Crippen LogP contribution in [0.15, 0.2) is 42.1 Å². The number of rotatable bonds is 5. The number of nitrogens with one attached hydrogen (secondary N) is 4. The lowest BCUT2D eigenvalue weighted by atomic mass is 10.1. The molecule has 0 aliphatic heterocycles. The van der Waals surface area contributed by atoms with E-state index in [4.69, 9.17) is 22.4 Å². The Bertz CT molecular complexity index is 1050. The van der Waals surface area contributed by atoms with Gasteiger partial charge in [-0.15, -0.1) is 0 Å². The number of benzene rings is 1. The number of hydrogen-bond donors (Lipinski definition) is 4. The van der Waals surface area contributed by atoms with Crippen LogP contribution in [0.5, 0.6) is 0 Å². The molecule has 7 nitrogen and oxygen atoms in total. The topological polar surface area (TPSA) is 118 Å². The molecule has 0 bridgehead atoms. The third-order valence-corrected chi connectivity index (χ3v) is 3.96. The Hall–Kier alpha value is -3.32. The van der Waals surface area contributed by atoms with Crippen LogP contribution in [-0.4, -0.2) is 33.3 Å². The molecular weight excluding hydrogens is 352 g/mol. The molecule has 0 spiro atoms. The Morgan fingerprint density at radius 3 is 2.85 bits per heavy atom. The van der Waals surface area contributed by atoms with Crippen LogP contribution in [0.2, 0.25) is 5.02 Å². The van der Waals surface area contributed by atoms with Crippen LogP contribution < -0.4 is 5.32 Å². The van der Waals surface area contributed by atoms with Crippen LogP contribution >= 0.6 is 11.6 Å². The first-order valence-electron chi connectivity index (χ1n) is 7.66. The number of anilines is 1. The predicted molar refractivity (Wildman–Crippen MR) is 103 cm³/mol. The van der Waals surface area contributed by atoms with Crippen molar-refractivity contribution in [1.29, 1.82) is 10.8 Å². The molecule has 0 fully saturated rings. The summed E-state index contributed by atoms with van der Waals surface area (Å²) in [6.07, 6.45) is 4.83. The minimum Gasteiger partial charge on any atom is -0.337 e. The van der Waals surface area contributed by atoms with Crippen molar-refractivity contribution in [3.05, 3.63) is 52.7 Å². The van der Waals surface area contributed by atoms with Gasteiger partial charge in [-0.1, -0.05) is 11.6 Å². The largest absolute Gasteiger partial charge is 0.337 e. The summed E-state index contributed by atoms with van der Waals surface area (Å²) in [5.74, 6) is 0.0557. The Balaban J connectivity index is 1.96. The molecule has 0 radical (unpaired) electrons. The van der Waals surface area contributed by atoms with Gasteiger partial charge in [0.25, 0.3) is 5.91 Å². The van der Waals surface area contributed by atoms with Crippen LogP contribution in [0, 0.1) is 17.7 Å². The lowest BCUT2D eigenvalue weighted by Crippen LogP contribution is -2.15. The van der Waals surface area contributed by atoms with Crippen molar-refractivity contribution in [2.75, 3.05) is 5.32 Å². The molecule has 3 rings (SSSR count). The van der Waals surface area contributed by atoms with Gasteiger partial charge in [-0.2, -0.15) is 0 Å². The molecule has 0 saturated heterocycles. The van der Waals surface area contributed by atoms with E-state index >= 15 is 0 Å². The minimum atomic E-state index is -0.487. The number of amides is 1. The highest BCUT2D eigenvalue weighted by Crippen LogP contribution is 2.30. The molecule has 0 atom stereocenters. The summed E-state index contributed by atoms with van der Waals surface area (Å²) in [4.78, 5) is 24.0. The van der Waals surface area contributed by atoms with Gasteiger partial charge in [0.2, 0.25) is 0 Å². The second-order valence-electron chi connectivity index (χ2n) is 5.55. The third kappa shape index (κ3) is 3.52. The quantitative estimate of drug-likeness (QED) is 0.406. The van der Waals surface area contributed by atoms with Crippen molar-refractivity contribution in [1.82, 2.24) is 15.0 Å². The molecule has 8 heteroatoms. The zero-order chi connectivity index (χ0) is 18.7. The molecule has 1 aromatic carbocycles. The number of carbonyl (C=O) groups excluding carboxylic acids is 1. The van der Waals surface area contributed by atoms with Crippen molar-refractivity contribution in [3.63, 3.8) is 0 Å². The van der Waals surface area contributed by atoms with Gasteiger partial charge in [0, 0.05) is 29.9 Å². The minimum absolute atomic E-state index is 0.0694. The number of aromatic nitrogens is 3. The van der Waals surface area contributed by atoms with Crippen LogP contribution in [-0.2, 0) is 4.79 Å². The average molecular weight is 367 g/mol. The lowest BCUT2D eigenvalue weighted by molar-refractivity contribution is -0.112. The number of halogens is 1. The smallest absolute Gasteiger partial charge is 0.257 e. The molecule has 130 valence electrons. The summed E-state index contributed by atoms with van der Waals surface area (Å²) in [5, 5.41) is 17.4. The Morgan fingerprint density at radius 1 is 1.31 bits per heavy atom. The number of allylic oxidation sites excluding steroid dienone is 1. The molecule has 1 amide bonds. The molecule has 4 N–H and O–H groups in total. The van der Waals surface area contributed by atoms with Gasteiger partial charge in [-0.05, 0) is 42.8 Å². The van der Waals surface area contributed by atoms with Crippen molar-refractivity contribution < 1.29 is 4.79 Å². The van der Waals surface area contributed by atoms with E-state index in [1.54, 1.807) is 24.4 Å². The predicted octanol–water partition coefficient (Wildman–Crippen LogP) is 3.75. The number of aryl methyl sites for hydroxylation is 1. The highest BCUT2D eigenvalue weighted by Gasteiger charge is 2.13. The summed E-state index contributed by atoms with van der Waals surface area (Å²) in [7, 11) is 0. The second kappa shape index (κ2) is 7.28. The summed E-state index contributed by atoms with van der Waals surface area (Å²) in [6, 6.07) is 6.94. The van der Waals surface area contributed by atoms with Gasteiger partial charge < -0.3 is 21.1 Å². The average Bonchev–Trinajstić information content (AvgIpc) is 3.04. The van der Waals surface area contributed by atoms with Crippen LogP contribution in [0.4, 0.5) is 5.69 Å². The number of carbonyl (C=O) groups is 1. The maximum atomic E-state index is 12.1. The Labute approximate surface area is 154 Å². The maximum absolute atomic E-state index is 12.1. The fourth-order valence-electron chi connectivity index (χ4n) is 2.40. The van der Waals surface area contributed by atoms with Gasteiger partial charge in [-0.3, -0.25) is 4.79 Å². The molecule has 2 aromatic heterocycles. The van der Waals surface area contributed by atoms with Crippen LogP contribution in [0.1, 0.15) is 5.56 Å². The van der Waals surface area contributed by atoms with E-state index in [2.05, 4.69) is 20.3 Å².